The first-order chi connectivity index (χ1) is 9.97. The number of aromatic nitrogens is 1. The highest BCUT2D eigenvalue weighted by atomic mass is 19.1. The van der Waals surface area contributed by atoms with Crippen LogP contribution < -0.4 is 5.32 Å². The predicted octanol–water partition coefficient (Wildman–Crippen LogP) is 2.24. The number of benzene rings is 1. The van der Waals surface area contributed by atoms with Gasteiger partial charge in [-0.25, -0.2) is 18.6 Å². The van der Waals surface area contributed by atoms with Crippen molar-refractivity contribution in [1.29, 1.82) is 0 Å². The molecule has 7 heteroatoms. The Morgan fingerprint density at radius 1 is 1.24 bits per heavy atom. The second-order valence-electron chi connectivity index (χ2n) is 4.17. The Hall–Kier alpha value is -2.83. The van der Waals surface area contributed by atoms with Crippen molar-refractivity contribution in [2.45, 2.75) is 6.42 Å². The van der Waals surface area contributed by atoms with Crippen molar-refractivity contribution in [2.75, 3.05) is 5.32 Å². The van der Waals surface area contributed by atoms with E-state index in [1.807, 2.05) is 0 Å². The van der Waals surface area contributed by atoms with E-state index < -0.39 is 23.5 Å². The molecule has 1 heterocycles. The van der Waals surface area contributed by atoms with E-state index in [0.29, 0.717) is 6.07 Å². The fraction of sp³-hybridized carbons (Fsp3) is 0.0714. The Morgan fingerprint density at radius 2 is 2.00 bits per heavy atom. The highest BCUT2D eigenvalue weighted by Crippen LogP contribution is 2.14. The number of carboxylic acids is 1. The molecule has 2 aromatic rings. The van der Waals surface area contributed by atoms with E-state index in [4.69, 9.17) is 5.11 Å². The van der Waals surface area contributed by atoms with Crippen molar-refractivity contribution in [3.05, 3.63) is 59.4 Å². The lowest BCUT2D eigenvalue weighted by atomic mass is 10.1. The van der Waals surface area contributed by atoms with Crippen molar-refractivity contribution < 1.29 is 23.5 Å². The SMILES string of the molecule is O=C(Cc1ccc(F)cc1F)Nc1cccnc1C(=O)O. The molecule has 21 heavy (non-hydrogen) atoms. The number of pyridine rings is 1. The quantitative estimate of drug-likeness (QED) is 0.905. The molecule has 1 aromatic heterocycles. The number of carboxylic acid groups (broad SMARTS) is 1. The van der Waals surface area contributed by atoms with Crippen LogP contribution in [0.2, 0.25) is 0 Å². The summed E-state index contributed by atoms with van der Waals surface area (Å²) in [6.45, 7) is 0. The number of amides is 1. The van der Waals surface area contributed by atoms with E-state index in [2.05, 4.69) is 10.3 Å². The molecule has 0 unspecified atom stereocenters. The molecule has 0 aliphatic rings. The van der Waals surface area contributed by atoms with Gasteiger partial charge in [-0.3, -0.25) is 4.79 Å². The van der Waals surface area contributed by atoms with Gasteiger partial charge in [-0.2, -0.15) is 0 Å². The molecule has 5 nitrogen and oxygen atoms in total. The molecule has 0 fully saturated rings. The molecule has 2 N–H and O–H groups in total. The zero-order valence-corrected chi connectivity index (χ0v) is 10.6. The summed E-state index contributed by atoms with van der Waals surface area (Å²) in [7, 11) is 0. The van der Waals surface area contributed by atoms with Gasteiger partial charge in [0, 0.05) is 12.3 Å². The normalized spacial score (nSPS) is 10.2. The van der Waals surface area contributed by atoms with Gasteiger partial charge in [0.1, 0.15) is 11.6 Å². The van der Waals surface area contributed by atoms with Crippen LogP contribution in [-0.2, 0) is 11.2 Å². The zero-order chi connectivity index (χ0) is 15.4. The largest absolute Gasteiger partial charge is 0.476 e. The van der Waals surface area contributed by atoms with Crippen LogP contribution in [0, 0.1) is 11.6 Å². The van der Waals surface area contributed by atoms with E-state index in [-0.39, 0.29) is 23.4 Å². The van der Waals surface area contributed by atoms with Gasteiger partial charge in [0.2, 0.25) is 5.91 Å². The summed E-state index contributed by atoms with van der Waals surface area (Å²) in [5.41, 5.74) is -0.294. The summed E-state index contributed by atoms with van der Waals surface area (Å²) < 4.78 is 26.2. The summed E-state index contributed by atoms with van der Waals surface area (Å²) in [5.74, 6) is -3.50. The van der Waals surface area contributed by atoms with Crippen LogP contribution in [0.15, 0.2) is 36.5 Å². The van der Waals surface area contributed by atoms with Gasteiger partial charge >= 0.3 is 5.97 Å². The lowest BCUT2D eigenvalue weighted by Gasteiger charge is -2.08. The number of halogens is 2. The number of carbonyl (C=O) groups is 2. The maximum absolute atomic E-state index is 13.4. The van der Waals surface area contributed by atoms with Crippen molar-refractivity contribution in [1.82, 2.24) is 4.98 Å². The van der Waals surface area contributed by atoms with Crippen molar-refractivity contribution in [3.8, 4) is 0 Å². The summed E-state index contributed by atoms with van der Waals surface area (Å²) >= 11 is 0. The number of nitrogens with one attached hydrogen (secondary N) is 1. The standard InChI is InChI=1S/C14H10F2N2O3/c15-9-4-3-8(10(16)7-9)6-12(19)18-11-2-1-5-17-13(11)14(20)21/h1-5,7H,6H2,(H,18,19)(H,20,21). The molecule has 0 saturated heterocycles. The number of hydrogen-bond donors (Lipinski definition) is 2. The van der Waals surface area contributed by atoms with Crippen molar-refractivity contribution in [2.24, 2.45) is 0 Å². The highest BCUT2D eigenvalue weighted by molar-refractivity contribution is 5.99. The molecule has 2 rings (SSSR count). The fourth-order valence-electron chi connectivity index (χ4n) is 1.71. The molecular weight excluding hydrogens is 282 g/mol. The molecule has 0 aliphatic carbocycles. The number of nitrogens with zero attached hydrogens (tertiary/aromatic N) is 1. The Labute approximate surface area is 118 Å². The summed E-state index contributed by atoms with van der Waals surface area (Å²) in [5, 5.41) is 11.3. The number of aromatic carboxylic acids is 1. The first-order valence-electron chi connectivity index (χ1n) is 5.89. The van der Waals surface area contributed by atoms with Crippen LogP contribution in [-0.4, -0.2) is 22.0 Å². The van der Waals surface area contributed by atoms with Gasteiger partial charge in [-0.1, -0.05) is 6.07 Å². The molecular formula is C14H10F2N2O3. The number of carbonyl (C=O) groups excluding carboxylic acids is 1. The Bertz CT molecular complexity index is 704. The molecule has 0 radical (unpaired) electrons. The third-order valence-electron chi connectivity index (χ3n) is 2.65. The van der Waals surface area contributed by atoms with Gasteiger partial charge < -0.3 is 10.4 Å². The smallest absolute Gasteiger partial charge is 0.356 e. The average Bonchev–Trinajstić information content (AvgIpc) is 2.42. The van der Waals surface area contributed by atoms with Crippen molar-refractivity contribution in [3.63, 3.8) is 0 Å². The Morgan fingerprint density at radius 3 is 2.67 bits per heavy atom. The monoisotopic (exact) mass is 292 g/mol. The number of hydrogen-bond acceptors (Lipinski definition) is 3. The minimum absolute atomic E-state index is 0.00895. The van der Waals surface area contributed by atoms with Gasteiger partial charge in [0.15, 0.2) is 5.69 Å². The van der Waals surface area contributed by atoms with Crippen molar-refractivity contribution >= 4 is 17.6 Å². The second kappa shape index (κ2) is 6.08. The maximum Gasteiger partial charge on any atom is 0.356 e. The van der Waals surface area contributed by atoms with E-state index in [1.54, 1.807) is 0 Å². The van der Waals surface area contributed by atoms with E-state index in [9.17, 15) is 18.4 Å². The molecule has 1 aromatic carbocycles. The van der Waals surface area contributed by atoms with Crippen LogP contribution in [0.1, 0.15) is 16.1 Å². The lowest BCUT2D eigenvalue weighted by molar-refractivity contribution is -0.115. The van der Waals surface area contributed by atoms with Gasteiger partial charge in [0.25, 0.3) is 0 Å². The molecule has 0 atom stereocenters. The molecule has 0 bridgehead atoms. The minimum atomic E-state index is -1.29. The highest BCUT2D eigenvalue weighted by Gasteiger charge is 2.15. The molecule has 0 aliphatic heterocycles. The Balaban J connectivity index is 2.14. The van der Waals surface area contributed by atoms with Crippen LogP contribution in [0.4, 0.5) is 14.5 Å². The van der Waals surface area contributed by atoms with Gasteiger partial charge in [0.05, 0.1) is 12.1 Å². The zero-order valence-electron chi connectivity index (χ0n) is 10.6. The summed E-state index contributed by atoms with van der Waals surface area (Å²) in [4.78, 5) is 26.4. The van der Waals surface area contributed by atoms with Crippen LogP contribution in [0.5, 0.6) is 0 Å². The molecule has 1 amide bonds. The minimum Gasteiger partial charge on any atom is -0.476 e. The van der Waals surface area contributed by atoms with Crippen LogP contribution >= 0.6 is 0 Å². The van der Waals surface area contributed by atoms with E-state index >= 15 is 0 Å². The third-order valence-corrected chi connectivity index (χ3v) is 2.65. The molecule has 0 spiro atoms. The number of rotatable bonds is 4. The second-order valence-corrected chi connectivity index (χ2v) is 4.17. The molecule has 108 valence electrons. The summed E-state index contributed by atoms with van der Waals surface area (Å²) in [6.07, 6.45) is 0.929. The summed E-state index contributed by atoms with van der Waals surface area (Å²) in [6, 6.07) is 5.70. The van der Waals surface area contributed by atoms with Gasteiger partial charge in [-0.15, -0.1) is 0 Å². The predicted molar refractivity (Wildman–Crippen MR) is 69.9 cm³/mol. The van der Waals surface area contributed by atoms with Crippen LogP contribution in [0.3, 0.4) is 0 Å². The average molecular weight is 292 g/mol. The Kier molecular flexibility index (Phi) is 4.22. The molecule has 0 saturated carbocycles. The third kappa shape index (κ3) is 3.59. The van der Waals surface area contributed by atoms with E-state index in [1.165, 1.54) is 18.3 Å². The maximum atomic E-state index is 13.4. The topological polar surface area (TPSA) is 79.3 Å². The number of anilines is 1. The fourth-order valence-corrected chi connectivity index (χ4v) is 1.71. The van der Waals surface area contributed by atoms with Crippen LogP contribution in [0.25, 0.3) is 0 Å². The first-order valence-corrected chi connectivity index (χ1v) is 5.89. The lowest BCUT2D eigenvalue weighted by Crippen LogP contribution is -2.18. The van der Waals surface area contributed by atoms with Gasteiger partial charge in [-0.05, 0) is 23.8 Å². The first kappa shape index (κ1) is 14.6. The van der Waals surface area contributed by atoms with E-state index in [0.717, 1.165) is 12.1 Å².